The molecule has 0 amide bonds. The highest BCUT2D eigenvalue weighted by Gasteiger charge is 2.31. The summed E-state index contributed by atoms with van der Waals surface area (Å²) >= 11 is 0. The monoisotopic (exact) mass is 491 g/mol. The van der Waals surface area contributed by atoms with E-state index in [1.54, 1.807) is 0 Å². The van der Waals surface area contributed by atoms with Crippen LogP contribution in [0.15, 0.2) is 90.0 Å². The second-order valence-electron chi connectivity index (χ2n) is 10.6. The minimum atomic E-state index is 0.264. The van der Waals surface area contributed by atoms with Crippen molar-refractivity contribution in [1.29, 1.82) is 0 Å². The van der Waals surface area contributed by atoms with Crippen LogP contribution in [-0.4, -0.2) is 12.6 Å². The van der Waals surface area contributed by atoms with Gasteiger partial charge in [0.05, 0.1) is 5.56 Å². The molecule has 0 saturated carbocycles. The Hall–Kier alpha value is -3.43. The summed E-state index contributed by atoms with van der Waals surface area (Å²) in [6, 6.07) is 17.8. The number of furan rings is 1. The molecule has 1 aliphatic heterocycles. The van der Waals surface area contributed by atoms with E-state index in [0.717, 1.165) is 70.1 Å². The van der Waals surface area contributed by atoms with Crippen molar-refractivity contribution >= 4 is 27.5 Å². The summed E-state index contributed by atoms with van der Waals surface area (Å²) in [5.74, 6) is 0.700. The molecule has 1 aliphatic rings. The third-order valence-electron chi connectivity index (χ3n) is 7.87. The fourth-order valence-electron chi connectivity index (χ4n) is 5.88. The number of nitrogens with zero attached hydrogens (tertiary/aromatic N) is 1. The van der Waals surface area contributed by atoms with Crippen LogP contribution in [0.5, 0.6) is 0 Å². The lowest BCUT2D eigenvalue weighted by Gasteiger charge is -2.30. The van der Waals surface area contributed by atoms with Crippen LogP contribution in [-0.2, 0) is 6.54 Å². The summed E-state index contributed by atoms with van der Waals surface area (Å²) in [4.78, 5) is 0. The van der Waals surface area contributed by atoms with Crippen molar-refractivity contribution in [1.82, 2.24) is 5.32 Å². The first-order chi connectivity index (χ1) is 17.9. The molecular formula is C34H39N2O+. The number of allylic oxidation sites excluding steroid dienone is 3. The number of rotatable bonds is 5. The van der Waals surface area contributed by atoms with Gasteiger partial charge in [0.2, 0.25) is 5.69 Å². The molecule has 1 N–H and O–H groups in total. The van der Waals surface area contributed by atoms with Crippen LogP contribution in [0, 0.1) is 5.92 Å². The highest BCUT2D eigenvalue weighted by molar-refractivity contribution is 6.11. The summed E-state index contributed by atoms with van der Waals surface area (Å²) < 4.78 is 9.01. The van der Waals surface area contributed by atoms with E-state index < -0.39 is 0 Å². The lowest BCUT2D eigenvalue weighted by molar-refractivity contribution is -0.687. The number of para-hydroxylation sites is 1. The van der Waals surface area contributed by atoms with Gasteiger partial charge in [-0.1, -0.05) is 75.9 Å². The highest BCUT2D eigenvalue weighted by Crippen LogP contribution is 2.42. The largest absolute Gasteiger partial charge is 0.455 e. The molecule has 0 fully saturated rings. The summed E-state index contributed by atoms with van der Waals surface area (Å²) in [6.07, 6.45) is 8.37. The Kier molecular flexibility index (Phi) is 7.17. The SMILES string of the molecule is C=C1CC(C(=C)/C=C\C)C(NCC)CC[n+]2ccc(C(C)C)cc2-c2c1ccc1c2oc2ccccc21. The van der Waals surface area contributed by atoms with Gasteiger partial charge in [-0.25, -0.2) is 0 Å². The quantitative estimate of drug-likeness (QED) is 0.225. The van der Waals surface area contributed by atoms with Crippen LogP contribution in [0.1, 0.15) is 57.6 Å². The molecule has 2 aromatic heterocycles. The molecule has 0 radical (unpaired) electrons. The molecule has 2 atom stereocenters. The van der Waals surface area contributed by atoms with Crippen LogP contribution in [0.2, 0.25) is 0 Å². The van der Waals surface area contributed by atoms with Gasteiger partial charge in [0, 0.05) is 41.3 Å². The van der Waals surface area contributed by atoms with E-state index in [1.165, 1.54) is 11.3 Å². The third kappa shape index (κ3) is 4.69. The Labute approximate surface area is 221 Å². The molecular weight excluding hydrogens is 452 g/mol. The number of fused-ring (bicyclic) bond motifs is 7. The molecule has 0 bridgehead atoms. The van der Waals surface area contributed by atoms with Crippen LogP contribution in [0.4, 0.5) is 0 Å². The number of aromatic nitrogens is 1. The molecule has 0 spiro atoms. The second-order valence-corrected chi connectivity index (χ2v) is 10.6. The van der Waals surface area contributed by atoms with Crippen LogP contribution in [0.25, 0.3) is 38.8 Å². The van der Waals surface area contributed by atoms with Gasteiger partial charge < -0.3 is 9.73 Å². The van der Waals surface area contributed by atoms with Crippen molar-refractivity contribution in [2.75, 3.05) is 6.54 Å². The van der Waals surface area contributed by atoms with Crippen LogP contribution in [0.3, 0.4) is 0 Å². The van der Waals surface area contributed by atoms with E-state index in [1.807, 2.05) is 6.07 Å². The van der Waals surface area contributed by atoms with E-state index in [0.29, 0.717) is 12.0 Å². The molecule has 0 aliphatic carbocycles. The van der Waals surface area contributed by atoms with Gasteiger partial charge in [0.15, 0.2) is 12.7 Å². The van der Waals surface area contributed by atoms with Crippen molar-refractivity contribution in [3.8, 4) is 11.3 Å². The molecule has 5 rings (SSSR count). The van der Waals surface area contributed by atoms with Crippen LogP contribution >= 0.6 is 0 Å². The first-order valence-corrected chi connectivity index (χ1v) is 13.6. The minimum Gasteiger partial charge on any atom is -0.455 e. The number of benzene rings is 2. The number of aryl methyl sites for hydroxylation is 1. The second kappa shape index (κ2) is 10.5. The maximum Gasteiger partial charge on any atom is 0.217 e. The lowest BCUT2D eigenvalue weighted by atomic mass is 9.81. The van der Waals surface area contributed by atoms with Gasteiger partial charge in [-0.2, -0.15) is 4.57 Å². The molecule has 3 heterocycles. The Morgan fingerprint density at radius 3 is 2.73 bits per heavy atom. The molecule has 190 valence electrons. The summed E-state index contributed by atoms with van der Waals surface area (Å²) in [7, 11) is 0. The van der Waals surface area contributed by atoms with Gasteiger partial charge in [-0.15, -0.1) is 0 Å². The van der Waals surface area contributed by atoms with Crippen molar-refractivity contribution < 1.29 is 8.98 Å². The smallest absolute Gasteiger partial charge is 0.217 e. The topological polar surface area (TPSA) is 29.1 Å². The zero-order valence-corrected chi connectivity index (χ0v) is 22.7. The zero-order valence-electron chi connectivity index (χ0n) is 22.7. The molecule has 4 aromatic rings. The van der Waals surface area contributed by atoms with Crippen molar-refractivity contribution in [2.45, 2.75) is 59.0 Å². The van der Waals surface area contributed by atoms with Gasteiger partial charge in [-0.05, 0) is 54.6 Å². The molecule has 37 heavy (non-hydrogen) atoms. The third-order valence-corrected chi connectivity index (χ3v) is 7.87. The van der Waals surface area contributed by atoms with E-state index in [9.17, 15) is 0 Å². The number of pyridine rings is 1. The summed E-state index contributed by atoms with van der Waals surface area (Å²) in [5.41, 5.74) is 8.99. The van der Waals surface area contributed by atoms with Crippen molar-refractivity contribution in [3.63, 3.8) is 0 Å². The molecule has 0 saturated heterocycles. The molecule has 3 heteroatoms. The molecule has 2 aromatic carbocycles. The van der Waals surface area contributed by atoms with Gasteiger partial charge in [0.25, 0.3) is 0 Å². The summed E-state index contributed by atoms with van der Waals surface area (Å²) in [5, 5.41) is 6.08. The summed E-state index contributed by atoms with van der Waals surface area (Å²) in [6.45, 7) is 19.7. The fourth-order valence-corrected chi connectivity index (χ4v) is 5.88. The number of hydrogen-bond acceptors (Lipinski definition) is 2. The Bertz CT molecular complexity index is 1500. The average molecular weight is 492 g/mol. The lowest BCUT2D eigenvalue weighted by Crippen LogP contribution is -2.44. The first kappa shape index (κ1) is 25.2. The maximum absolute atomic E-state index is 6.60. The first-order valence-electron chi connectivity index (χ1n) is 13.6. The van der Waals surface area contributed by atoms with Gasteiger partial charge >= 0.3 is 0 Å². The van der Waals surface area contributed by atoms with Crippen molar-refractivity contribution in [2.24, 2.45) is 5.92 Å². The highest BCUT2D eigenvalue weighted by atomic mass is 16.3. The zero-order chi connectivity index (χ0) is 26.1. The normalized spacial score (nSPS) is 18.5. The molecule has 2 unspecified atom stereocenters. The van der Waals surface area contributed by atoms with Crippen LogP contribution < -0.4 is 9.88 Å². The molecule has 3 nitrogen and oxygen atoms in total. The Balaban J connectivity index is 1.79. The number of hydrogen-bond donors (Lipinski definition) is 1. The van der Waals surface area contributed by atoms with Gasteiger partial charge in [-0.3, -0.25) is 0 Å². The fraction of sp³-hybridized carbons (Fsp3) is 0.324. The van der Waals surface area contributed by atoms with E-state index in [4.69, 9.17) is 4.42 Å². The van der Waals surface area contributed by atoms with E-state index in [2.05, 4.69) is 112 Å². The number of nitrogens with one attached hydrogen (secondary N) is 1. The van der Waals surface area contributed by atoms with Gasteiger partial charge in [0.1, 0.15) is 11.2 Å². The maximum atomic E-state index is 6.60. The Morgan fingerprint density at radius 2 is 1.97 bits per heavy atom. The Morgan fingerprint density at radius 1 is 1.16 bits per heavy atom. The predicted molar refractivity (Wildman–Crippen MR) is 157 cm³/mol. The van der Waals surface area contributed by atoms with Crippen molar-refractivity contribution in [3.05, 3.63) is 96.7 Å². The van der Waals surface area contributed by atoms with E-state index in [-0.39, 0.29) is 5.92 Å². The predicted octanol–water partition coefficient (Wildman–Crippen LogP) is 8.20. The average Bonchev–Trinajstić information content (AvgIpc) is 3.27. The van der Waals surface area contributed by atoms with E-state index >= 15 is 0 Å². The standard InChI is InChI=1S/C34H39N2O/c1-7-11-23(5)29-20-24(6)26-14-15-28-27-12-9-10-13-32(27)37-34(28)33(26)31-21-25(22(3)4)16-18-36(31)19-17-30(29)35-8-2/h7,9-16,18,21-22,29-30,35H,5-6,8,17,19-20H2,1-4H3/q+1/b11-7-. The minimum absolute atomic E-state index is 0.264.